The van der Waals surface area contributed by atoms with Crippen LogP contribution in [0.1, 0.15) is 55.6 Å². The van der Waals surface area contributed by atoms with Crippen molar-refractivity contribution < 1.29 is 19.4 Å². The van der Waals surface area contributed by atoms with Crippen LogP contribution in [0.15, 0.2) is 18.2 Å². The Morgan fingerprint density at radius 1 is 1.32 bits per heavy atom. The number of nitrogens with two attached hydrogens (primary N) is 1. The van der Waals surface area contributed by atoms with Crippen LogP contribution in [0.25, 0.3) is 10.9 Å². The summed E-state index contributed by atoms with van der Waals surface area (Å²) in [6.45, 7) is 5.41. The lowest BCUT2D eigenvalue weighted by atomic mass is 9.93. The number of carboxylic acids is 1. The molecule has 28 heavy (non-hydrogen) atoms. The van der Waals surface area contributed by atoms with Crippen LogP contribution >= 0.6 is 0 Å². The highest BCUT2D eigenvalue weighted by Gasteiger charge is 2.31. The molecule has 0 atom stereocenters. The molecule has 1 heterocycles. The van der Waals surface area contributed by atoms with Gasteiger partial charge >= 0.3 is 5.97 Å². The van der Waals surface area contributed by atoms with Crippen molar-refractivity contribution in [2.45, 2.75) is 52.5 Å². The Kier molecular flexibility index (Phi) is 5.45. The van der Waals surface area contributed by atoms with Gasteiger partial charge in [-0.25, -0.2) is 4.79 Å². The molecule has 0 radical (unpaired) electrons. The second-order valence-electron chi connectivity index (χ2n) is 8.07. The fourth-order valence-electron chi connectivity index (χ4n) is 3.60. The summed E-state index contributed by atoms with van der Waals surface area (Å²) in [4.78, 5) is 28.6. The predicted octanol–water partition coefficient (Wildman–Crippen LogP) is 3.29. The lowest BCUT2D eigenvalue weighted by molar-refractivity contribution is -0.131. The normalized spacial score (nSPS) is 15.0. The largest absolute Gasteiger partial charge is 0.492 e. The molecular weight excluding hydrogens is 358 g/mol. The van der Waals surface area contributed by atoms with Gasteiger partial charge in [0.1, 0.15) is 17.9 Å². The maximum Gasteiger partial charge on any atom is 0.339 e. The predicted molar refractivity (Wildman–Crippen MR) is 108 cm³/mol. The number of rotatable bonds is 6. The average molecular weight is 385 g/mol. The highest BCUT2D eigenvalue weighted by atomic mass is 16.5. The summed E-state index contributed by atoms with van der Waals surface area (Å²) in [5.41, 5.74) is 6.42. The second kappa shape index (κ2) is 7.66. The van der Waals surface area contributed by atoms with Gasteiger partial charge in [0.15, 0.2) is 0 Å². The van der Waals surface area contributed by atoms with Crippen LogP contribution < -0.4 is 15.8 Å². The second-order valence-corrected chi connectivity index (χ2v) is 8.07. The average Bonchev–Trinajstić information content (AvgIpc) is 3.12. The molecule has 0 bridgehead atoms. The lowest BCUT2D eigenvalue weighted by Gasteiger charge is -2.26. The van der Waals surface area contributed by atoms with E-state index in [4.69, 9.17) is 10.5 Å². The first-order valence-electron chi connectivity index (χ1n) is 9.56. The van der Waals surface area contributed by atoms with Crippen LogP contribution in [0, 0.1) is 12.3 Å². The van der Waals surface area contributed by atoms with Crippen molar-refractivity contribution in [1.82, 2.24) is 10.3 Å². The first-order valence-corrected chi connectivity index (χ1v) is 9.56. The first-order chi connectivity index (χ1) is 13.2. The maximum atomic E-state index is 12.7. The van der Waals surface area contributed by atoms with E-state index in [1.54, 1.807) is 25.1 Å². The third-order valence-corrected chi connectivity index (χ3v) is 5.30. The van der Waals surface area contributed by atoms with Gasteiger partial charge < -0.3 is 20.9 Å². The Balaban J connectivity index is 1.84. The van der Waals surface area contributed by atoms with E-state index in [0.717, 1.165) is 25.7 Å². The molecule has 1 aromatic carbocycles. The molecule has 7 heteroatoms. The van der Waals surface area contributed by atoms with Gasteiger partial charge in [-0.2, -0.15) is 0 Å². The van der Waals surface area contributed by atoms with Crippen LogP contribution in [-0.2, 0) is 4.79 Å². The van der Waals surface area contributed by atoms with Gasteiger partial charge in [-0.1, -0.05) is 18.9 Å². The summed E-state index contributed by atoms with van der Waals surface area (Å²) in [5.74, 6) is -0.755. The number of nitrogen functional groups attached to an aromatic ring is 1. The summed E-state index contributed by atoms with van der Waals surface area (Å²) in [6.07, 6.45) is 4.34. The molecule has 4 N–H and O–H groups in total. The summed E-state index contributed by atoms with van der Waals surface area (Å²) < 4.78 is 5.95. The molecule has 2 aromatic rings. The van der Waals surface area contributed by atoms with E-state index >= 15 is 0 Å². The molecule has 1 aliphatic carbocycles. The van der Waals surface area contributed by atoms with Crippen molar-refractivity contribution >= 4 is 28.5 Å². The van der Waals surface area contributed by atoms with E-state index in [1.807, 2.05) is 13.8 Å². The van der Waals surface area contributed by atoms with Crippen molar-refractivity contribution in [2.75, 3.05) is 12.3 Å². The molecule has 7 nitrogen and oxygen atoms in total. The Bertz CT molecular complexity index is 917. The number of aryl methyl sites for hydroxylation is 1. The molecule has 0 unspecified atom stereocenters. The smallest absolute Gasteiger partial charge is 0.339 e. The van der Waals surface area contributed by atoms with Crippen LogP contribution in [0.4, 0.5) is 5.69 Å². The number of nitrogens with zero attached hydrogens (tertiary/aromatic N) is 1. The topological polar surface area (TPSA) is 115 Å². The van der Waals surface area contributed by atoms with Gasteiger partial charge in [-0.15, -0.1) is 0 Å². The standard InChI is InChI=1S/C21H27N3O4/c1-12-16(19(25)26)18(22)17-14(23-12)9-6-10-15(17)28-11-21(2,3)20(27)24-13-7-4-5-8-13/h6,9-10,13H,4-5,7-8,11H2,1-3H3,(H2,22,23)(H,24,27)(H,25,26). The number of amides is 1. The molecule has 0 aliphatic heterocycles. The number of hydrogen-bond donors (Lipinski definition) is 3. The first kappa shape index (κ1) is 19.9. The molecule has 0 saturated heterocycles. The molecule has 1 aromatic heterocycles. The summed E-state index contributed by atoms with van der Waals surface area (Å²) in [6, 6.07) is 5.49. The Morgan fingerprint density at radius 2 is 2.00 bits per heavy atom. The number of aromatic nitrogens is 1. The number of hydrogen-bond acceptors (Lipinski definition) is 5. The third-order valence-electron chi connectivity index (χ3n) is 5.30. The number of anilines is 1. The molecule has 1 aliphatic rings. The van der Waals surface area contributed by atoms with E-state index in [2.05, 4.69) is 10.3 Å². The minimum atomic E-state index is -1.13. The van der Waals surface area contributed by atoms with Gasteiger partial charge in [-0.3, -0.25) is 9.78 Å². The van der Waals surface area contributed by atoms with Gasteiger partial charge in [0.2, 0.25) is 5.91 Å². The molecule has 1 saturated carbocycles. The van der Waals surface area contributed by atoms with Crippen LogP contribution in [-0.4, -0.2) is 34.6 Å². The van der Waals surface area contributed by atoms with E-state index < -0.39 is 11.4 Å². The number of ether oxygens (including phenoxy) is 1. The van der Waals surface area contributed by atoms with Crippen molar-refractivity contribution in [3.05, 3.63) is 29.5 Å². The summed E-state index contributed by atoms with van der Waals surface area (Å²) >= 11 is 0. The van der Waals surface area contributed by atoms with E-state index in [-0.39, 0.29) is 29.8 Å². The molecule has 150 valence electrons. The van der Waals surface area contributed by atoms with Gasteiger partial charge in [0, 0.05) is 6.04 Å². The Morgan fingerprint density at radius 3 is 2.64 bits per heavy atom. The zero-order chi connectivity index (χ0) is 20.5. The Labute approximate surface area is 164 Å². The van der Waals surface area contributed by atoms with Crippen molar-refractivity contribution in [2.24, 2.45) is 5.41 Å². The maximum absolute atomic E-state index is 12.7. The van der Waals surface area contributed by atoms with Gasteiger partial charge in [0.25, 0.3) is 0 Å². The number of aromatic carboxylic acids is 1. The lowest BCUT2D eigenvalue weighted by Crippen LogP contribution is -2.44. The van der Waals surface area contributed by atoms with E-state index in [9.17, 15) is 14.7 Å². The number of nitrogens with one attached hydrogen (secondary N) is 1. The monoisotopic (exact) mass is 385 g/mol. The molecule has 3 rings (SSSR count). The quantitative estimate of drug-likeness (QED) is 0.703. The van der Waals surface area contributed by atoms with Gasteiger partial charge in [0.05, 0.1) is 27.7 Å². The summed E-state index contributed by atoms with van der Waals surface area (Å²) in [5, 5.41) is 13.0. The van der Waals surface area contributed by atoms with Crippen molar-refractivity contribution in [3.8, 4) is 5.75 Å². The van der Waals surface area contributed by atoms with Crippen LogP contribution in [0.2, 0.25) is 0 Å². The fourth-order valence-corrected chi connectivity index (χ4v) is 3.60. The summed E-state index contributed by atoms with van der Waals surface area (Å²) in [7, 11) is 0. The number of carboxylic acid groups (broad SMARTS) is 1. The van der Waals surface area contributed by atoms with Crippen LogP contribution in [0.3, 0.4) is 0 Å². The van der Waals surface area contributed by atoms with Crippen molar-refractivity contribution in [1.29, 1.82) is 0 Å². The highest BCUT2D eigenvalue weighted by Crippen LogP contribution is 2.34. The van der Waals surface area contributed by atoms with Gasteiger partial charge in [-0.05, 0) is 45.7 Å². The SMILES string of the molecule is Cc1nc2cccc(OCC(C)(C)C(=O)NC3CCCC3)c2c(N)c1C(=O)O. The number of fused-ring (bicyclic) bond motifs is 1. The van der Waals surface area contributed by atoms with Crippen molar-refractivity contribution in [3.63, 3.8) is 0 Å². The molecule has 1 amide bonds. The number of pyridine rings is 1. The fraction of sp³-hybridized carbons (Fsp3) is 0.476. The zero-order valence-corrected chi connectivity index (χ0v) is 16.5. The molecule has 1 fully saturated rings. The number of carbonyl (C=O) groups is 2. The highest BCUT2D eigenvalue weighted by molar-refractivity contribution is 6.06. The Hall–Kier alpha value is -2.83. The van der Waals surface area contributed by atoms with E-state index in [1.165, 1.54) is 0 Å². The molecule has 0 spiro atoms. The van der Waals surface area contributed by atoms with Crippen LogP contribution in [0.5, 0.6) is 5.75 Å². The minimum Gasteiger partial charge on any atom is -0.492 e. The minimum absolute atomic E-state index is 0.0261. The number of carbonyl (C=O) groups excluding carboxylic acids is 1. The third kappa shape index (κ3) is 3.88. The number of benzene rings is 1. The zero-order valence-electron chi connectivity index (χ0n) is 16.5. The molecular formula is C21H27N3O4. The van der Waals surface area contributed by atoms with E-state index in [0.29, 0.717) is 22.3 Å².